The minimum Gasteiger partial charge on any atom is -0.633 e. The van der Waals surface area contributed by atoms with Crippen LogP contribution < -0.4 is 5.73 Å². The van der Waals surface area contributed by atoms with E-state index in [9.17, 15) is 10.0 Å². The molecule has 0 aromatic heterocycles. The van der Waals surface area contributed by atoms with E-state index in [1.165, 1.54) is 64.2 Å². The summed E-state index contributed by atoms with van der Waals surface area (Å²) in [6.45, 7) is 10.2. The molecular weight excluding hydrogens is 300 g/mol. The molecule has 0 aliphatic carbocycles. The molecule has 0 radical (unpaired) electrons. The molecule has 0 spiro atoms. The number of hydrogen-bond donors (Lipinski definition) is 1. The van der Waals surface area contributed by atoms with E-state index in [0.29, 0.717) is 26.1 Å². The molecule has 1 amide bonds. The van der Waals surface area contributed by atoms with Gasteiger partial charge >= 0.3 is 0 Å². The van der Waals surface area contributed by atoms with Crippen molar-refractivity contribution in [2.45, 2.75) is 105 Å². The maximum atomic E-state index is 11.1. The number of primary amides is 1. The van der Waals surface area contributed by atoms with E-state index in [4.69, 9.17) is 5.73 Å². The zero-order valence-electron chi connectivity index (χ0n) is 16.9. The number of hydroxylamine groups is 3. The Balaban J connectivity index is 0. The Morgan fingerprint density at radius 2 is 1.04 bits per heavy atom. The number of nitrogens with two attached hydrogens (primary N) is 1. The van der Waals surface area contributed by atoms with Gasteiger partial charge in [0, 0.05) is 6.42 Å². The van der Waals surface area contributed by atoms with Crippen LogP contribution in [0.1, 0.15) is 105 Å². The highest BCUT2D eigenvalue weighted by molar-refractivity contribution is 5.73. The zero-order valence-corrected chi connectivity index (χ0v) is 16.9. The van der Waals surface area contributed by atoms with E-state index in [0.717, 1.165) is 6.42 Å². The van der Waals surface area contributed by atoms with Crippen molar-refractivity contribution in [1.82, 2.24) is 0 Å². The molecule has 2 N–H and O–H groups in total. The predicted molar refractivity (Wildman–Crippen MR) is 106 cm³/mol. The third kappa shape index (κ3) is 19.4. The van der Waals surface area contributed by atoms with Crippen LogP contribution in [0.25, 0.3) is 0 Å². The monoisotopic (exact) mass is 344 g/mol. The summed E-state index contributed by atoms with van der Waals surface area (Å²) in [6, 6.07) is 0. The lowest BCUT2D eigenvalue weighted by Gasteiger charge is -2.39. The number of hydrogen-bond acceptors (Lipinski definition) is 2. The maximum absolute atomic E-state index is 11.1. The molecule has 0 unspecified atom stereocenters. The molecule has 0 aliphatic rings. The highest BCUT2D eigenvalue weighted by Crippen LogP contribution is 2.11. The fraction of sp³-hybridized carbons (Fsp3) is 0.950. The average molecular weight is 345 g/mol. The maximum Gasteiger partial charge on any atom is 0.217 e. The minimum absolute atomic E-state index is 0.0417. The van der Waals surface area contributed by atoms with Crippen LogP contribution in [-0.2, 0) is 4.79 Å². The minimum atomic E-state index is -0.157. The van der Waals surface area contributed by atoms with E-state index in [2.05, 4.69) is 6.92 Å². The molecule has 0 fully saturated rings. The molecule has 24 heavy (non-hydrogen) atoms. The molecule has 0 aromatic rings. The zero-order chi connectivity index (χ0) is 18.7. The number of rotatable bonds is 15. The van der Waals surface area contributed by atoms with Crippen LogP contribution in [0, 0.1) is 5.21 Å². The lowest BCUT2D eigenvalue weighted by atomic mass is 10.1. The van der Waals surface area contributed by atoms with Gasteiger partial charge in [-0.3, -0.25) is 4.79 Å². The molecule has 0 atom stereocenters. The molecule has 0 bridgehead atoms. The van der Waals surface area contributed by atoms with E-state index in [-0.39, 0.29) is 10.6 Å². The van der Waals surface area contributed by atoms with Crippen molar-refractivity contribution >= 4 is 5.91 Å². The summed E-state index contributed by atoms with van der Waals surface area (Å²) in [4.78, 5) is 10.5. The number of amides is 1. The topological polar surface area (TPSA) is 66.2 Å². The highest BCUT2D eigenvalue weighted by atomic mass is 16.5. The Morgan fingerprint density at radius 1 is 0.708 bits per heavy atom. The van der Waals surface area contributed by atoms with Gasteiger partial charge in [0.1, 0.15) is 0 Å². The number of nitrogens with zero attached hydrogens (tertiary/aromatic N) is 1. The van der Waals surface area contributed by atoms with E-state index in [1.807, 2.05) is 20.8 Å². The van der Waals surface area contributed by atoms with Gasteiger partial charge in [-0.25, -0.2) is 0 Å². The van der Waals surface area contributed by atoms with E-state index in [1.54, 1.807) is 0 Å². The molecule has 0 aliphatic heterocycles. The van der Waals surface area contributed by atoms with Gasteiger partial charge in [0.05, 0.1) is 19.6 Å². The molecule has 4 heteroatoms. The van der Waals surface area contributed by atoms with Crippen LogP contribution in [0.2, 0.25) is 0 Å². The summed E-state index contributed by atoms with van der Waals surface area (Å²) in [7, 11) is 0. The summed E-state index contributed by atoms with van der Waals surface area (Å²) >= 11 is 0. The molecule has 0 aromatic carbocycles. The molecule has 146 valence electrons. The van der Waals surface area contributed by atoms with Gasteiger partial charge in [0.25, 0.3) is 0 Å². The summed E-state index contributed by atoms with van der Waals surface area (Å²) in [6.07, 6.45) is 15.0. The molecule has 4 nitrogen and oxygen atoms in total. The second-order valence-corrected chi connectivity index (χ2v) is 6.76. The van der Waals surface area contributed by atoms with Crippen molar-refractivity contribution in [1.29, 1.82) is 0 Å². The third-order valence-corrected chi connectivity index (χ3v) is 4.76. The summed E-state index contributed by atoms with van der Waals surface area (Å²) in [5.74, 6) is -0.157. The third-order valence-electron chi connectivity index (χ3n) is 4.76. The fourth-order valence-corrected chi connectivity index (χ4v) is 2.63. The lowest BCUT2D eigenvalue weighted by Crippen LogP contribution is -2.41. The molecule has 0 saturated carbocycles. The predicted octanol–water partition coefficient (Wildman–Crippen LogP) is 5.53. The van der Waals surface area contributed by atoms with Crippen LogP contribution in [-0.4, -0.2) is 30.2 Å². The summed E-state index contributed by atoms with van der Waals surface area (Å²) < 4.78 is -0.0417. The highest BCUT2D eigenvalue weighted by Gasteiger charge is 2.05. The Hall–Kier alpha value is -0.610. The van der Waals surface area contributed by atoms with Gasteiger partial charge in [-0.15, -0.1) is 0 Å². The second kappa shape index (κ2) is 18.7. The van der Waals surface area contributed by atoms with Gasteiger partial charge in [-0.05, 0) is 27.2 Å². The number of carbonyl (C=O) groups excluding carboxylic acids is 1. The van der Waals surface area contributed by atoms with Crippen LogP contribution in [0.5, 0.6) is 0 Å². The van der Waals surface area contributed by atoms with Crippen molar-refractivity contribution in [2.24, 2.45) is 5.73 Å². The normalized spacial score (nSPS) is 11.0. The van der Waals surface area contributed by atoms with Crippen LogP contribution >= 0.6 is 0 Å². The van der Waals surface area contributed by atoms with Gasteiger partial charge in [0.2, 0.25) is 5.91 Å². The Kier molecular flexibility index (Phi) is 20.0. The first kappa shape index (κ1) is 25.6. The average Bonchev–Trinajstić information content (AvgIpc) is 2.59. The molecule has 0 saturated heterocycles. The standard InChI is InChI=1S/C14H29NO.C6H15NO/c1-2-3-4-5-6-7-8-9-10-11-12-13-14(15)16;1-4-7(8,5-2)6-3/h2-13H2,1H3,(H2,15,16);4-6H2,1-3H3. The van der Waals surface area contributed by atoms with Gasteiger partial charge in [-0.1, -0.05) is 71.1 Å². The van der Waals surface area contributed by atoms with Crippen LogP contribution in [0.4, 0.5) is 0 Å². The van der Waals surface area contributed by atoms with Gasteiger partial charge in [0.15, 0.2) is 0 Å². The first-order chi connectivity index (χ1) is 11.5. The second-order valence-electron chi connectivity index (χ2n) is 6.76. The first-order valence-electron chi connectivity index (χ1n) is 10.3. The van der Waals surface area contributed by atoms with Gasteiger partial charge < -0.3 is 15.6 Å². The van der Waals surface area contributed by atoms with Gasteiger partial charge in [-0.2, -0.15) is 0 Å². The first-order valence-corrected chi connectivity index (χ1v) is 10.3. The van der Waals surface area contributed by atoms with E-state index < -0.39 is 0 Å². The summed E-state index contributed by atoms with van der Waals surface area (Å²) in [5, 5.41) is 11.1. The smallest absolute Gasteiger partial charge is 0.217 e. The molecule has 0 heterocycles. The quantitative estimate of drug-likeness (QED) is 0.241. The molecular formula is C20H44N2O2. The van der Waals surface area contributed by atoms with Crippen molar-refractivity contribution in [3.63, 3.8) is 0 Å². The number of carbonyl (C=O) groups is 1. The van der Waals surface area contributed by atoms with Crippen LogP contribution in [0.15, 0.2) is 0 Å². The Labute approximate surface area is 151 Å². The SMILES string of the molecule is CCCCCCCCCCCCCC(N)=O.CC[N+]([O-])(CC)CC. The van der Waals surface area contributed by atoms with Crippen molar-refractivity contribution in [2.75, 3.05) is 19.6 Å². The molecule has 0 rings (SSSR count). The van der Waals surface area contributed by atoms with Crippen molar-refractivity contribution < 1.29 is 9.44 Å². The number of quaternary nitrogens is 1. The fourth-order valence-electron chi connectivity index (χ4n) is 2.63. The van der Waals surface area contributed by atoms with Crippen molar-refractivity contribution in [3.05, 3.63) is 5.21 Å². The van der Waals surface area contributed by atoms with Crippen LogP contribution in [0.3, 0.4) is 0 Å². The van der Waals surface area contributed by atoms with Crippen molar-refractivity contribution in [3.8, 4) is 0 Å². The largest absolute Gasteiger partial charge is 0.633 e. The number of unbranched alkanes of at least 4 members (excludes halogenated alkanes) is 10. The Morgan fingerprint density at radius 3 is 1.29 bits per heavy atom. The summed E-state index contributed by atoms with van der Waals surface area (Å²) in [5.41, 5.74) is 5.07. The Bertz CT molecular complexity index is 258. The van der Waals surface area contributed by atoms with E-state index >= 15 is 0 Å². The lowest BCUT2D eigenvalue weighted by molar-refractivity contribution is -0.875.